The summed E-state index contributed by atoms with van der Waals surface area (Å²) in [6.45, 7) is 0. The molecule has 3 nitrogen and oxygen atoms in total. The Hall–Kier alpha value is -0.980. The highest BCUT2D eigenvalue weighted by molar-refractivity contribution is 9.10. The van der Waals surface area contributed by atoms with Gasteiger partial charge in [-0.1, -0.05) is 11.6 Å². The van der Waals surface area contributed by atoms with Gasteiger partial charge in [0.15, 0.2) is 5.17 Å². The van der Waals surface area contributed by atoms with E-state index in [0.717, 1.165) is 0 Å². The monoisotopic (exact) mass is 333 g/mol. The molecule has 0 fully saturated rings. The minimum atomic E-state index is -0.353. The fourth-order valence-electron chi connectivity index (χ4n) is 1.12. The van der Waals surface area contributed by atoms with E-state index < -0.39 is 0 Å². The van der Waals surface area contributed by atoms with Gasteiger partial charge in [0.05, 0.1) is 15.8 Å². The van der Waals surface area contributed by atoms with Gasteiger partial charge in [0, 0.05) is 5.38 Å². The van der Waals surface area contributed by atoms with E-state index in [-0.39, 0.29) is 11.0 Å². The minimum absolute atomic E-state index is 0.183. The summed E-state index contributed by atoms with van der Waals surface area (Å²) in [5.41, 5.74) is 7.10. The van der Waals surface area contributed by atoms with Gasteiger partial charge in [0.25, 0.3) is 0 Å². The first kappa shape index (κ1) is 12.5. The number of rotatable bonds is 2. The second-order valence-corrected chi connectivity index (χ2v) is 4.96. The van der Waals surface area contributed by atoms with E-state index in [9.17, 15) is 4.39 Å². The summed E-state index contributed by atoms with van der Waals surface area (Å²) < 4.78 is 17.4. The molecule has 0 atom stereocenters. The molecule has 1 aromatic heterocycles. The molecule has 0 aliphatic carbocycles. The lowest BCUT2D eigenvalue weighted by Gasteiger charge is -1.99. The number of anilines is 1. The summed E-state index contributed by atoms with van der Waals surface area (Å²) in [6, 6.07) is 4.35. The first-order valence-electron chi connectivity index (χ1n) is 4.47. The van der Waals surface area contributed by atoms with Gasteiger partial charge in [-0.3, -0.25) is 0 Å². The molecule has 0 aliphatic heterocycles. The first-order chi connectivity index (χ1) is 8.08. The van der Waals surface area contributed by atoms with Gasteiger partial charge < -0.3 is 5.73 Å². The van der Waals surface area contributed by atoms with E-state index in [1.165, 1.54) is 29.7 Å². The summed E-state index contributed by atoms with van der Waals surface area (Å²) in [5.74, 6) is -0.353. The predicted octanol–water partition coefficient (Wildman–Crippen LogP) is 3.94. The smallest absolute Gasteiger partial charge is 0.158 e. The fraction of sp³-hybridized carbons (Fsp3) is 0. The van der Waals surface area contributed by atoms with Crippen LogP contribution < -0.4 is 5.73 Å². The van der Waals surface area contributed by atoms with Crippen LogP contribution in [0.2, 0.25) is 0 Å². The minimum Gasteiger partial charge on any atom is -0.396 e. The van der Waals surface area contributed by atoms with Gasteiger partial charge in [-0.25, -0.2) is 9.38 Å². The largest absolute Gasteiger partial charge is 0.396 e. The molecule has 2 aromatic rings. The Morgan fingerprint density at radius 2 is 2.29 bits per heavy atom. The number of hydrogen-bond acceptors (Lipinski definition) is 4. The number of nitrogens with zero attached hydrogens (tertiary/aromatic N) is 2. The Morgan fingerprint density at radius 3 is 2.88 bits per heavy atom. The van der Waals surface area contributed by atoms with Crippen LogP contribution >= 0.6 is 39.1 Å². The molecule has 1 heterocycles. The van der Waals surface area contributed by atoms with Crippen LogP contribution in [0.1, 0.15) is 5.69 Å². The number of halogens is 3. The lowest BCUT2D eigenvalue weighted by atomic mass is 10.3. The number of aromatic nitrogens is 1. The summed E-state index contributed by atoms with van der Waals surface area (Å²) in [5, 5.41) is 1.86. The Balaban J connectivity index is 2.36. The van der Waals surface area contributed by atoms with Crippen molar-refractivity contribution in [1.29, 1.82) is 0 Å². The maximum Gasteiger partial charge on any atom is 0.158 e. The van der Waals surface area contributed by atoms with E-state index in [2.05, 4.69) is 25.3 Å². The number of nitrogens with two attached hydrogens (primary N) is 1. The van der Waals surface area contributed by atoms with Gasteiger partial charge in [0.2, 0.25) is 0 Å². The Kier molecular flexibility index (Phi) is 3.76. The summed E-state index contributed by atoms with van der Waals surface area (Å²) in [7, 11) is 0. The van der Waals surface area contributed by atoms with E-state index >= 15 is 0 Å². The van der Waals surface area contributed by atoms with Gasteiger partial charge >= 0.3 is 0 Å². The molecular formula is C10H6BrClFN3S. The zero-order chi connectivity index (χ0) is 12.4. The molecule has 0 saturated carbocycles. The van der Waals surface area contributed by atoms with Crippen molar-refractivity contribution in [2.75, 3.05) is 5.73 Å². The SMILES string of the molecule is Nc1csnc1C(Cl)=Nc1ccc(F)c(Br)c1. The molecule has 0 radical (unpaired) electrons. The molecule has 0 unspecified atom stereocenters. The molecular weight excluding hydrogens is 329 g/mol. The van der Waals surface area contributed by atoms with Gasteiger partial charge in [-0.2, -0.15) is 4.37 Å². The van der Waals surface area contributed by atoms with Crippen LogP contribution in [-0.2, 0) is 0 Å². The topological polar surface area (TPSA) is 51.3 Å². The van der Waals surface area contributed by atoms with Gasteiger partial charge in [-0.05, 0) is 45.7 Å². The van der Waals surface area contributed by atoms with Crippen LogP contribution in [0.25, 0.3) is 0 Å². The molecule has 0 amide bonds. The molecule has 17 heavy (non-hydrogen) atoms. The molecule has 88 valence electrons. The van der Waals surface area contributed by atoms with Crippen LogP contribution in [-0.4, -0.2) is 9.54 Å². The van der Waals surface area contributed by atoms with Crippen molar-refractivity contribution in [3.05, 3.63) is 39.6 Å². The standard InChI is InChI=1S/C10H6BrClFN3S/c11-6-3-5(1-2-7(6)13)15-10(12)9-8(14)4-17-16-9/h1-4H,14H2. The van der Waals surface area contributed by atoms with Crippen LogP contribution in [0, 0.1) is 5.82 Å². The average Bonchev–Trinajstić information content (AvgIpc) is 2.70. The predicted molar refractivity (Wildman–Crippen MR) is 72.7 cm³/mol. The summed E-state index contributed by atoms with van der Waals surface area (Å²) in [6.07, 6.45) is 0. The third-order valence-electron chi connectivity index (χ3n) is 1.92. The second kappa shape index (κ2) is 5.12. The lowest BCUT2D eigenvalue weighted by molar-refractivity contribution is 0.621. The lowest BCUT2D eigenvalue weighted by Crippen LogP contribution is -1.96. The third kappa shape index (κ3) is 2.83. The molecule has 0 bridgehead atoms. The molecule has 0 aliphatic rings. The van der Waals surface area contributed by atoms with Crippen LogP contribution in [0.5, 0.6) is 0 Å². The first-order valence-corrected chi connectivity index (χ1v) is 6.48. The maximum absolute atomic E-state index is 13.0. The zero-order valence-corrected chi connectivity index (χ0v) is 11.5. The zero-order valence-electron chi connectivity index (χ0n) is 8.32. The summed E-state index contributed by atoms with van der Waals surface area (Å²) >= 11 is 10.3. The second-order valence-electron chi connectivity index (χ2n) is 3.12. The Labute approximate surface area is 114 Å². The maximum atomic E-state index is 13.0. The summed E-state index contributed by atoms with van der Waals surface area (Å²) in [4.78, 5) is 4.11. The van der Waals surface area contributed by atoms with Crippen LogP contribution in [0.3, 0.4) is 0 Å². The van der Waals surface area contributed by atoms with Crippen molar-refractivity contribution in [3.63, 3.8) is 0 Å². The highest BCUT2D eigenvalue weighted by Gasteiger charge is 2.08. The molecule has 0 spiro atoms. The normalized spacial score (nSPS) is 11.8. The molecule has 2 N–H and O–H groups in total. The number of benzene rings is 1. The Morgan fingerprint density at radius 1 is 1.53 bits per heavy atom. The van der Waals surface area contributed by atoms with Crippen molar-refractivity contribution < 1.29 is 4.39 Å². The molecule has 7 heteroatoms. The van der Waals surface area contributed by atoms with E-state index in [0.29, 0.717) is 21.5 Å². The molecule has 1 aromatic carbocycles. The van der Waals surface area contributed by atoms with Crippen molar-refractivity contribution in [2.24, 2.45) is 4.99 Å². The molecule has 0 saturated heterocycles. The van der Waals surface area contributed by atoms with Crippen LogP contribution in [0.15, 0.2) is 33.0 Å². The van der Waals surface area contributed by atoms with Gasteiger partial charge in [0.1, 0.15) is 11.5 Å². The van der Waals surface area contributed by atoms with E-state index in [1.54, 1.807) is 5.38 Å². The number of aliphatic imine (C=N–C) groups is 1. The van der Waals surface area contributed by atoms with E-state index in [1.807, 2.05) is 0 Å². The van der Waals surface area contributed by atoms with Crippen molar-refractivity contribution >= 4 is 55.6 Å². The van der Waals surface area contributed by atoms with Crippen molar-refractivity contribution in [3.8, 4) is 0 Å². The number of hydrogen-bond donors (Lipinski definition) is 1. The Bertz CT molecular complexity index is 585. The highest BCUT2D eigenvalue weighted by Crippen LogP contribution is 2.24. The van der Waals surface area contributed by atoms with E-state index in [4.69, 9.17) is 17.3 Å². The van der Waals surface area contributed by atoms with Gasteiger partial charge in [-0.15, -0.1) is 0 Å². The highest BCUT2D eigenvalue weighted by atomic mass is 79.9. The third-order valence-corrected chi connectivity index (χ3v) is 3.44. The average molecular weight is 335 g/mol. The van der Waals surface area contributed by atoms with Crippen molar-refractivity contribution in [2.45, 2.75) is 0 Å². The van der Waals surface area contributed by atoms with Crippen LogP contribution in [0.4, 0.5) is 15.8 Å². The quantitative estimate of drug-likeness (QED) is 0.846. The fourth-order valence-corrected chi connectivity index (χ4v) is 2.36. The molecule has 2 rings (SSSR count). The van der Waals surface area contributed by atoms with Crippen molar-refractivity contribution in [1.82, 2.24) is 4.37 Å². The number of nitrogen functional groups attached to an aromatic ring is 1.